The van der Waals surface area contributed by atoms with Crippen LogP contribution in [0.25, 0.3) is 0 Å². The molecule has 1 N–H and O–H groups in total. The Morgan fingerprint density at radius 2 is 1.86 bits per heavy atom. The number of carbonyl (C=O) groups is 1. The van der Waals surface area contributed by atoms with E-state index in [1.807, 2.05) is 35.2 Å². The lowest BCUT2D eigenvalue weighted by atomic mass is 10.00. The van der Waals surface area contributed by atoms with Crippen LogP contribution in [0.2, 0.25) is 0 Å². The first kappa shape index (κ1) is 14.2. The van der Waals surface area contributed by atoms with E-state index in [0.717, 1.165) is 13.0 Å². The second-order valence-corrected chi connectivity index (χ2v) is 5.34. The van der Waals surface area contributed by atoms with Gasteiger partial charge < -0.3 is 10.2 Å². The number of hydrogen-bond acceptors (Lipinski definition) is 3. The van der Waals surface area contributed by atoms with E-state index < -0.39 is 0 Å². The number of para-hydroxylation sites is 1. The van der Waals surface area contributed by atoms with Crippen LogP contribution in [0.1, 0.15) is 16.7 Å². The molecule has 2 aromatic carbocycles. The van der Waals surface area contributed by atoms with E-state index in [9.17, 15) is 4.79 Å². The number of nitrogens with zero attached hydrogens (tertiary/aromatic N) is 2. The summed E-state index contributed by atoms with van der Waals surface area (Å²) in [6.07, 6.45) is 0.899. The van der Waals surface area contributed by atoms with Crippen LogP contribution >= 0.6 is 0 Å². The minimum absolute atomic E-state index is 0.0576. The summed E-state index contributed by atoms with van der Waals surface area (Å²) in [5, 5.41) is 12.1. The van der Waals surface area contributed by atoms with Crippen LogP contribution in [0.5, 0.6) is 0 Å². The molecule has 0 saturated heterocycles. The van der Waals surface area contributed by atoms with Crippen molar-refractivity contribution < 1.29 is 4.79 Å². The molecule has 0 bridgehead atoms. The van der Waals surface area contributed by atoms with Crippen molar-refractivity contribution in [3.8, 4) is 6.07 Å². The Morgan fingerprint density at radius 1 is 1.14 bits per heavy atom. The standard InChI is InChI=1S/C18H17N3O/c19-11-15-6-3-4-8-17(15)20-12-18(22)21-10-9-14-5-1-2-7-16(14)13-21/h1-8,20H,9-10,12-13H2. The van der Waals surface area contributed by atoms with Gasteiger partial charge in [0.15, 0.2) is 0 Å². The third kappa shape index (κ3) is 2.94. The Kier molecular flexibility index (Phi) is 4.06. The molecule has 4 heteroatoms. The van der Waals surface area contributed by atoms with Crippen molar-refractivity contribution in [1.82, 2.24) is 4.90 Å². The third-order valence-electron chi connectivity index (χ3n) is 3.96. The Bertz CT molecular complexity index is 733. The van der Waals surface area contributed by atoms with Gasteiger partial charge in [-0.05, 0) is 29.7 Å². The zero-order chi connectivity index (χ0) is 15.4. The fourth-order valence-corrected chi connectivity index (χ4v) is 2.73. The Morgan fingerprint density at radius 3 is 2.68 bits per heavy atom. The average molecular weight is 291 g/mol. The maximum Gasteiger partial charge on any atom is 0.242 e. The van der Waals surface area contributed by atoms with Crippen molar-refractivity contribution in [2.75, 3.05) is 18.4 Å². The number of amides is 1. The van der Waals surface area contributed by atoms with Crippen LogP contribution in [-0.4, -0.2) is 23.9 Å². The summed E-state index contributed by atoms with van der Waals surface area (Å²) in [6.45, 7) is 1.62. The second kappa shape index (κ2) is 6.31. The molecule has 0 saturated carbocycles. The van der Waals surface area contributed by atoms with Crippen LogP contribution in [0.3, 0.4) is 0 Å². The summed E-state index contributed by atoms with van der Waals surface area (Å²) in [5.74, 6) is 0.0576. The van der Waals surface area contributed by atoms with Gasteiger partial charge in [0.05, 0.1) is 17.8 Å². The fourth-order valence-electron chi connectivity index (χ4n) is 2.73. The molecule has 22 heavy (non-hydrogen) atoms. The van der Waals surface area contributed by atoms with Gasteiger partial charge in [-0.3, -0.25) is 4.79 Å². The van der Waals surface area contributed by atoms with E-state index in [2.05, 4.69) is 23.5 Å². The van der Waals surface area contributed by atoms with Crippen LogP contribution in [-0.2, 0) is 17.8 Å². The molecule has 1 heterocycles. The van der Waals surface area contributed by atoms with Crippen LogP contribution < -0.4 is 5.32 Å². The highest BCUT2D eigenvalue weighted by molar-refractivity contribution is 5.81. The third-order valence-corrected chi connectivity index (χ3v) is 3.96. The fraction of sp³-hybridized carbons (Fsp3) is 0.222. The number of nitrogens with one attached hydrogen (secondary N) is 1. The van der Waals surface area contributed by atoms with Gasteiger partial charge in [-0.15, -0.1) is 0 Å². The molecule has 1 aliphatic heterocycles. The molecule has 4 nitrogen and oxygen atoms in total. The van der Waals surface area contributed by atoms with Crippen molar-refractivity contribution in [3.05, 3.63) is 65.2 Å². The van der Waals surface area contributed by atoms with Gasteiger partial charge in [0, 0.05) is 13.1 Å². The van der Waals surface area contributed by atoms with Gasteiger partial charge in [0.1, 0.15) is 6.07 Å². The predicted octanol–water partition coefficient (Wildman–Crippen LogP) is 2.56. The molecule has 1 amide bonds. The normalized spacial score (nSPS) is 13.1. The summed E-state index contributed by atoms with van der Waals surface area (Å²) < 4.78 is 0. The highest BCUT2D eigenvalue weighted by Crippen LogP contribution is 2.19. The van der Waals surface area contributed by atoms with Gasteiger partial charge in [0.2, 0.25) is 5.91 Å². The summed E-state index contributed by atoms with van der Waals surface area (Å²) in [4.78, 5) is 14.2. The monoisotopic (exact) mass is 291 g/mol. The molecule has 2 aromatic rings. The first-order valence-electron chi connectivity index (χ1n) is 7.35. The van der Waals surface area contributed by atoms with Gasteiger partial charge in [-0.25, -0.2) is 0 Å². The highest BCUT2D eigenvalue weighted by Gasteiger charge is 2.20. The van der Waals surface area contributed by atoms with E-state index in [4.69, 9.17) is 5.26 Å². The Balaban J connectivity index is 1.63. The molecule has 0 aliphatic carbocycles. The molecule has 110 valence electrons. The van der Waals surface area contributed by atoms with Crippen LogP contribution in [0.15, 0.2) is 48.5 Å². The van der Waals surface area contributed by atoms with E-state index in [1.165, 1.54) is 11.1 Å². The minimum Gasteiger partial charge on any atom is -0.375 e. The van der Waals surface area contributed by atoms with Gasteiger partial charge >= 0.3 is 0 Å². The lowest BCUT2D eigenvalue weighted by molar-refractivity contribution is -0.130. The number of benzene rings is 2. The number of fused-ring (bicyclic) bond motifs is 1. The molecule has 0 atom stereocenters. The Labute approximate surface area is 130 Å². The van der Waals surface area contributed by atoms with Crippen molar-refractivity contribution in [3.63, 3.8) is 0 Å². The van der Waals surface area contributed by atoms with E-state index in [1.54, 1.807) is 6.07 Å². The summed E-state index contributed by atoms with van der Waals surface area (Å²) in [7, 11) is 0. The van der Waals surface area contributed by atoms with Gasteiger partial charge in [-0.1, -0.05) is 36.4 Å². The number of nitriles is 1. The van der Waals surface area contributed by atoms with Crippen molar-refractivity contribution in [2.45, 2.75) is 13.0 Å². The molecule has 3 rings (SSSR count). The highest BCUT2D eigenvalue weighted by atomic mass is 16.2. The minimum atomic E-state index is 0.0576. The second-order valence-electron chi connectivity index (χ2n) is 5.34. The van der Waals surface area contributed by atoms with Crippen molar-refractivity contribution in [2.24, 2.45) is 0 Å². The predicted molar refractivity (Wildman–Crippen MR) is 85.2 cm³/mol. The largest absolute Gasteiger partial charge is 0.375 e. The lowest BCUT2D eigenvalue weighted by Crippen LogP contribution is -2.39. The number of carbonyl (C=O) groups excluding carboxylic acids is 1. The number of rotatable bonds is 3. The first-order valence-corrected chi connectivity index (χ1v) is 7.35. The summed E-state index contributed by atoms with van der Waals surface area (Å²) in [5.41, 5.74) is 3.81. The number of anilines is 1. The summed E-state index contributed by atoms with van der Waals surface area (Å²) >= 11 is 0. The molecule has 1 aliphatic rings. The van der Waals surface area contributed by atoms with Gasteiger partial charge in [0.25, 0.3) is 0 Å². The quantitative estimate of drug-likeness (QED) is 0.945. The molecule has 0 spiro atoms. The first-order chi connectivity index (χ1) is 10.8. The SMILES string of the molecule is N#Cc1ccccc1NCC(=O)N1CCc2ccccc2C1. The maximum atomic E-state index is 12.4. The number of hydrogen-bond donors (Lipinski definition) is 1. The van der Waals surface area contributed by atoms with Gasteiger partial charge in [-0.2, -0.15) is 5.26 Å². The average Bonchev–Trinajstić information content (AvgIpc) is 2.59. The van der Waals surface area contributed by atoms with E-state index >= 15 is 0 Å². The zero-order valence-corrected chi connectivity index (χ0v) is 12.2. The zero-order valence-electron chi connectivity index (χ0n) is 12.2. The topological polar surface area (TPSA) is 56.1 Å². The Hall–Kier alpha value is -2.80. The summed E-state index contributed by atoms with van der Waals surface area (Å²) in [6, 6.07) is 17.6. The van der Waals surface area contributed by atoms with E-state index in [-0.39, 0.29) is 12.5 Å². The molecule has 0 fully saturated rings. The molecular weight excluding hydrogens is 274 g/mol. The lowest BCUT2D eigenvalue weighted by Gasteiger charge is -2.29. The van der Waals surface area contributed by atoms with Crippen LogP contribution in [0.4, 0.5) is 5.69 Å². The smallest absolute Gasteiger partial charge is 0.242 e. The molecular formula is C18H17N3O. The molecule has 0 unspecified atom stereocenters. The van der Waals surface area contributed by atoms with Crippen LogP contribution in [0, 0.1) is 11.3 Å². The maximum absolute atomic E-state index is 12.4. The molecule has 0 radical (unpaired) electrons. The van der Waals surface area contributed by atoms with Crippen molar-refractivity contribution >= 4 is 11.6 Å². The van der Waals surface area contributed by atoms with E-state index in [0.29, 0.717) is 17.8 Å². The van der Waals surface area contributed by atoms with Crippen molar-refractivity contribution in [1.29, 1.82) is 5.26 Å². The molecule has 0 aromatic heterocycles.